The first kappa shape index (κ1) is 12.1. The number of carbonyl (C=O) groups is 2. The minimum Gasteiger partial charge on any atom is -0.378 e. The van der Waals surface area contributed by atoms with Crippen LogP contribution in [0.15, 0.2) is 0 Å². The van der Waals surface area contributed by atoms with E-state index in [-0.39, 0.29) is 18.0 Å². The first-order chi connectivity index (χ1) is 7.15. The molecule has 0 aromatic carbocycles. The average molecular weight is 214 g/mol. The SMILES string of the molecule is CC(C)NC(=O)C1COCCN1CC=O. The van der Waals surface area contributed by atoms with Crippen LogP contribution >= 0.6 is 0 Å². The van der Waals surface area contributed by atoms with E-state index < -0.39 is 0 Å². The Morgan fingerprint density at radius 3 is 3.00 bits per heavy atom. The quantitative estimate of drug-likeness (QED) is 0.636. The van der Waals surface area contributed by atoms with Gasteiger partial charge in [-0.3, -0.25) is 9.69 Å². The normalized spacial score (nSPS) is 22.7. The predicted octanol–water partition coefficient (Wildman–Crippen LogP) is -0.589. The zero-order valence-electron chi connectivity index (χ0n) is 9.23. The van der Waals surface area contributed by atoms with Gasteiger partial charge in [-0.05, 0) is 13.8 Å². The molecule has 5 nitrogen and oxygen atoms in total. The maximum Gasteiger partial charge on any atom is 0.239 e. The zero-order chi connectivity index (χ0) is 11.3. The molecule has 0 spiro atoms. The van der Waals surface area contributed by atoms with Crippen LogP contribution in [-0.4, -0.2) is 55.5 Å². The Morgan fingerprint density at radius 2 is 2.40 bits per heavy atom. The Bertz CT molecular complexity index is 231. The van der Waals surface area contributed by atoms with E-state index in [1.165, 1.54) is 0 Å². The first-order valence-corrected chi connectivity index (χ1v) is 5.21. The Kier molecular flexibility index (Phi) is 4.71. The van der Waals surface area contributed by atoms with E-state index >= 15 is 0 Å². The van der Waals surface area contributed by atoms with Gasteiger partial charge in [-0.15, -0.1) is 0 Å². The number of morpholine rings is 1. The van der Waals surface area contributed by atoms with Gasteiger partial charge in [-0.25, -0.2) is 0 Å². The van der Waals surface area contributed by atoms with E-state index in [9.17, 15) is 9.59 Å². The highest BCUT2D eigenvalue weighted by molar-refractivity contribution is 5.82. The van der Waals surface area contributed by atoms with E-state index in [1.807, 2.05) is 18.7 Å². The van der Waals surface area contributed by atoms with Crippen LogP contribution in [-0.2, 0) is 14.3 Å². The number of ether oxygens (including phenoxy) is 1. The van der Waals surface area contributed by atoms with E-state index in [4.69, 9.17) is 4.74 Å². The summed E-state index contributed by atoms with van der Waals surface area (Å²) in [5.74, 6) is -0.0634. The number of amides is 1. The fourth-order valence-electron chi connectivity index (χ4n) is 1.57. The fraction of sp³-hybridized carbons (Fsp3) is 0.800. The molecule has 15 heavy (non-hydrogen) atoms. The van der Waals surface area contributed by atoms with Crippen LogP contribution in [0, 0.1) is 0 Å². The van der Waals surface area contributed by atoms with Crippen LogP contribution in [0.25, 0.3) is 0 Å². The molecule has 1 amide bonds. The smallest absolute Gasteiger partial charge is 0.239 e. The third kappa shape index (κ3) is 3.60. The van der Waals surface area contributed by atoms with Gasteiger partial charge >= 0.3 is 0 Å². The number of nitrogens with zero attached hydrogens (tertiary/aromatic N) is 1. The monoisotopic (exact) mass is 214 g/mol. The lowest BCUT2D eigenvalue weighted by Crippen LogP contribution is -2.55. The molecule has 5 heteroatoms. The van der Waals surface area contributed by atoms with Crippen LogP contribution < -0.4 is 5.32 Å². The number of carbonyl (C=O) groups excluding carboxylic acids is 2. The van der Waals surface area contributed by atoms with Crippen molar-refractivity contribution in [2.45, 2.75) is 25.9 Å². The summed E-state index contributed by atoms with van der Waals surface area (Å²) in [7, 11) is 0. The highest BCUT2D eigenvalue weighted by atomic mass is 16.5. The fourth-order valence-corrected chi connectivity index (χ4v) is 1.57. The van der Waals surface area contributed by atoms with Crippen molar-refractivity contribution < 1.29 is 14.3 Å². The van der Waals surface area contributed by atoms with Gasteiger partial charge in [0.1, 0.15) is 12.3 Å². The lowest BCUT2D eigenvalue weighted by molar-refractivity contribution is -0.133. The molecule has 1 unspecified atom stereocenters. The molecule has 0 radical (unpaired) electrons. The van der Waals surface area contributed by atoms with Crippen molar-refractivity contribution in [1.29, 1.82) is 0 Å². The molecular weight excluding hydrogens is 196 g/mol. The Hall–Kier alpha value is -0.940. The van der Waals surface area contributed by atoms with E-state index in [0.717, 1.165) is 6.29 Å². The molecule has 0 aromatic heterocycles. The van der Waals surface area contributed by atoms with Crippen molar-refractivity contribution in [1.82, 2.24) is 10.2 Å². The molecule has 0 aromatic rings. The van der Waals surface area contributed by atoms with Gasteiger partial charge in [0, 0.05) is 12.6 Å². The molecule has 0 saturated carbocycles. The van der Waals surface area contributed by atoms with Crippen LogP contribution in [0.4, 0.5) is 0 Å². The molecule has 1 fully saturated rings. The second-order valence-corrected chi connectivity index (χ2v) is 3.92. The van der Waals surface area contributed by atoms with Gasteiger partial charge in [-0.1, -0.05) is 0 Å². The van der Waals surface area contributed by atoms with E-state index in [2.05, 4.69) is 5.32 Å². The Balaban J connectivity index is 2.54. The highest BCUT2D eigenvalue weighted by Gasteiger charge is 2.29. The summed E-state index contributed by atoms with van der Waals surface area (Å²) in [6.07, 6.45) is 0.820. The van der Waals surface area contributed by atoms with Gasteiger partial charge in [0.25, 0.3) is 0 Å². The van der Waals surface area contributed by atoms with Gasteiger partial charge in [0.2, 0.25) is 5.91 Å². The number of rotatable bonds is 4. The van der Waals surface area contributed by atoms with Crippen molar-refractivity contribution in [3.63, 3.8) is 0 Å². The first-order valence-electron chi connectivity index (χ1n) is 5.21. The minimum atomic E-state index is -0.327. The molecule has 1 heterocycles. The van der Waals surface area contributed by atoms with Crippen molar-refractivity contribution in [3.05, 3.63) is 0 Å². The molecule has 86 valence electrons. The van der Waals surface area contributed by atoms with E-state index in [0.29, 0.717) is 26.3 Å². The summed E-state index contributed by atoms with van der Waals surface area (Å²) < 4.78 is 5.24. The Labute approximate surface area is 89.8 Å². The zero-order valence-corrected chi connectivity index (χ0v) is 9.23. The second-order valence-electron chi connectivity index (χ2n) is 3.92. The predicted molar refractivity (Wildman–Crippen MR) is 55.5 cm³/mol. The maximum absolute atomic E-state index is 11.7. The van der Waals surface area contributed by atoms with Gasteiger partial charge in [0.05, 0.1) is 19.8 Å². The largest absolute Gasteiger partial charge is 0.378 e. The molecular formula is C10H18N2O3. The number of nitrogens with one attached hydrogen (secondary N) is 1. The van der Waals surface area contributed by atoms with Crippen LogP contribution in [0.1, 0.15) is 13.8 Å². The van der Waals surface area contributed by atoms with Gasteiger partial charge in [-0.2, -0.15) is 0 Å². The number of hydrogen-bond acceptors (Lipinski definition) is 4. The van der Waals surface area contributed by atoms with Crippen LogP contribution in [0.3, 0.4) is 0 Å². The topological polar surface area (TPSA) is 58.6 Å². The van der Waals surface area contributed by atoms with Crippen LogP contribution in [0.2, 0.25) is 0 Å². The second kappa shape index (κ2) is 5.82. The number of hydrogen-bond donors (Lipinski definition) is 1. The standard InChI is InChI=1S/C10H18N2O3/c1-8(2)11-10(14)9-7-15-6-4-12(9)3-5-13/h5,8-9H,3-4,6-7H2,1-2H3,(H,11,14). The lowest BCUT2D eigenvalue weighted by Gasteiger charge is -2.33. The minimum absolute atomic E-state index is 0.0634. The Morgan fingerprint density at radius 1 is 1.67 bits per heavy atom. The highest BCUT2D eigenvalue weighted by Crippen LogP contribution is 2.06. The molecule has 1 atom stereocenters. The third-order valence-electron chi connectivity index (χ3n) is 2.28. The summed E-state index contributed by atoms with van der Waals surface area (Å²) in [5, 5.41) is 2.82. The van der Waals surface area contributed by atoms with E-state index in [1.54, 1.807) is 0 Å². The van der Waals surface area contributed by atoms with Crippen LogP contribution in [0.5, 0.6) is 0 Å². The molecule has 1 N–H and O–H groups in total. The summed E-state index contributed by atoms with van der Waals surface area (Å²) in [6, 6.07) is -0.219. The molecule has 1 rings (SSSR count). The third-order valence-corrected chi connectivity index (χ3v) is 2.28. The molecule has 1 saturated heterocycles. The molecule has 0 bridgehead atoms. The summed E-state index contributed by atoms with van der Waals surface area (Å²) in [5.41, 5.74) is 0. The summed E-state index contributed by atoms with van der Waals surface area (Å²) in [4.78, 5) is 24.0. The van der Waals surface area contributed by atoms with Crippen molar-refractivity contribution in [3.8, 4) is 0 Å². The lowest BCUT2D eigenvalue weighted by atomic mass is 10.2. The molecule has 1 aliphatic heterocycles. The maximum atomic E-state index is 11.7. The summed E-state index contributed by atoms with van der Waals surface area (Å²) in [6.45, 7) is 5.69. The van der Waals surface area contributed by atoms with Gasteiger partial charge < -0.3 is 14.8 Å². The molecule has 0 aliphatic carbocycles. The molecule has 1 aliphatic rings. The van der Waals surface area contributed by atoms with Crippen molar-refractivity contribution >= 4 is 12.2 Å². The van der Waals surface area contributed by atoms with Crippen molar-refractivity contribution in [2.24, 2.45) is 0 Å². The summed E-state index contributed by atoms with van der Waals surface area (Å²) >= 11 is 0. The van der Waals surface area contributed by atoms with Gasteiger partial charge in [0.15, 0.2) is 0 Å². The number of aldehydes is 1. The van der Waals surface area contributed by atoms with Crippen molar-refractivity contribution in [2.75, 3.05) is 26.3 Å². The average Bonchev–Trinajstić information content (AvgIpc) is 2.18.